The van der Waals surface area contributed by atoms with E-state index >= 15 is 0 Å². The van der Waals surface area contributed by atoms with Gasteiger partial charge in [-0.05, 0) is 84.1 Å². The molecule has 25 heteroatoms. The predicted molar refractivity (Wildman–Crippen MR) is 244 cm³/mol. The lowest BCUT2D eigenvalue weighted by molar-refractivity contribution is -0.144. The Hall–Kier alpha value is -5.95. The minimum atomic E-state index is -1.61. The van der Waals surface area contributed by atoms with E-state index in [0.717, 1.165) is 32.1 Å². The molecule has 0 spiro atoms. The Morgan fingerprint density at radius 3 is 1.12 bits per heavy atom. The second-order valence-electron chi connectivity index (χ2n) is 16.2. The van der Waals surface area contributed by atoms with Crippen molar-refractivity contribution in [3.05, 3.63) is 0 Å². The number of rotatable bonds is 45. The van der Waals surface area contributed by atoms with E-state index in [-0.39, 0.29) is 51.1 Å². The van der Waals surface area contributed by atoms with Crippen molar-refractivity contribution in [3.8, 4) is 0 Å². The van der Waals surface area contributed by atoms with Crippen LogP contribution in [-0.2, 0) is 62.2 Å². The summed E-state index contributed by atoms with van der Waals surface area (Å²) in [5.41, 5.74) is 0. The van der Waals surface area contributed by atoms with Crippen LogP contribution in [0.1, 0.15) is 135 Å². The van der Waals surface area contributed by atoms with Gasteiger partial charge in [0.1, 0.15) is 24.2 Å². The molecule has 0 aliphatic heterocycles. The standard InChI is InChI=1S/C44H75N7O18/c1-45-30(41(60)61)12-6-7-23-46-35(53)18-15-31(42(62)63)49-37(55)19-16-32(43(64)65)50-38(56)20-17-33(44(66)67)51-39(57)22-21-36(54)48-25-11-29-69-27-9-8-26-68-28-10-24-47-34(52)13-4-2-3-5-14-40(58)59/h30-33,45H,2-29H2,1H3,(H,46,53)(H,47,52)(H,48,54)(H,49,55)(H,50,56)(H,51,57)(H,58,59)(H,60,61)(H,62,63)(H,64,65)(H,66,67)/t30-,31-,32-,33?/m0/s1. The summed E-state index contributed by atoms with van der Waals surface area (Å²) in [5.74, 6) is -9.75. The zero-order valence-electron chi connectivity index (χ0n) is 39.7. The van der Waals surface area contributed by atoms with E-state index in [1.54, 1.807) is 0 Å². The molecule has 69 heavy (non-hydrogen) atoms. The third-order valence-corrected chi connectivity index (χ3v) is 10.3. The van der Waals surface area contributed by atoms with Gasteiger partial charge < -0.3 is 72.2 Å². The number of nitrogens with one attached hydrogen (secondary N) is 7. The van der Waals surface area contributed by atoms with E-state index in [2.05, 4.69) is 37.2 Å². The van der Waals surface area contributed by atoms with Gasteiger partial charge in [-0.15, -0.1) is 0 Å². The lowest BCUT2D eigenvalue weighted by Crippen LogP contribution is -2.45. The Bertz CT molecular complexity index is 1620. The van der Waals surface area contributed by atoms with E-state index in [1.807, 2.05) is 0 Å². The van der Waals surface area contributed by atoms with Crippen molar-refractivity contribution >= 4 is 65.3 Å². The average Bonchev–Trinajstić information content (AvgIpc) is 3.28. The molecular formula is C44H75N7O18. The summed E-state index contributed by atoms with van der Waals surface area (Å²) < 4.78 is 11.1. The number of hydrogen-bond acceptors (Lipinski definition) is 14. The van der Waals surface area contributed by atoms with Crippen LogP contribution in [0.3, 0.4) is 0 Å². The number of carbonyl (C=O) groups excluding carboxylic acids is 6. The lowest BCUT2D eigenvalue weighted by Gasteiger charge is -2.18. The number of amides is 6. The van der Waals surface area contributed by atoms with Crippen molar-refractivity contribution in [3.63, 3.8) is 0 Å². The fraction of sp³-hybridized carbons (Fsp3) is 0.750. The Balaban J connectivity index is 4.26. The Morgan fingerprint density at radius 2 is 0.696 bits per heavy atom. The van der Waals surface area contributed by atoms with Gasteiger partial charge in [0, 0.05) is 91.0 Å². The maximum absolute atomic E-state index is 12.6. The van der Waals surface area contributed by atoms with Crippen LogP contribution in [0.5, 0.6) is 0 Å². The number of aliphatic carboxylic acids is 5. The number of carboxylic acid groups (broad SMARTS) is 5. The first-order chi connectivity index (χ1) is 32.9. The monoisotopic (exact) mass is 990 g/mol. The molecule has 12 N–H and O–H groups in total. The minimum Gasteiger partial charge on any atom is -0.481 e. The Labute approximate surface area is 401 Å². The first kappa shape index (κ1) is 63.0. The molecule has 25 nitrogen and oxygen atoms in total. The van der Waals surface area contributed by atoms with E-state index in [0.29, 0.717) is 77.9 Å². The fourth-order valence-corrected chi connectivity index (χ4v) is 6.31. The van der Waals surface area contributed by atoms with Gasteiger partial charge in [-0.1, -0.05) is 12.8 Å². The summed E-state index contributed by atoms with van der Waals surface area (Å²) in [4.78, 5) is 130. The van der Waals surface area contributed by atoms with Crippen molar-refractivity contribution in [1.29, 1.82) is 0 Å². The molecule has 1 unspecified atom stereocenters. The molecule has 0 heterocycles. The highest BCUT2D eigenvalue weighted by molar-refractivity contribution is 5.88. The third kappa shape index (κ3) is 36.7. The first-order valence-electron chi connectivity index (χ1n) is 23.5. The van der Waals surface area contributed by atoms with Gasteiger partial charge in [-0.2, -0.15) is 0 Å². The molecule has 0 rings (SSSR count). The van der Waals surface area contributed by atoms with Gasteiger partial charge in [0.2, 0.25) is 35.4 Å². The number of hydrogen-bond donors (Lipinski definition) is 12. The van der Waals surface area contributed by atoms with Crippen LogP contribution in [0.4, 0.5) is 0 Å². The molecule has 394 valence electrons. The maximum Gasteiger partial charge on any atom is 0.326 e. The molecule has 0 aromatic heterocycles. The van der Waals surface area contributed by atoms with Gasteiger partial charge in [-0.25, -0.2) is 14.4 Å². The number of carboxylic acids is 5. The van der Waals surface area contributed by atoms with Crippen LogP contribution >= 0.6 is 0 Å². The summed E-state index contributed by atoms with van der Waals surface area (Å²) in [6.07, 6.45) is 4.53. The van der Waals surface area contributed by atoms with Crippen LogP contribution in [0.25, 0.3) is 0 Å². The molecular weight excluding hydrogens is 915 g/mol. The van der Waals surface area contributed by atoms with Crippen molar-refractivity contribution in [1.82, 2.24) is 37.2 Å². The maximum atomic E-state index is 12.6. The summed E-state index contributed by atoms with van der Waals surface area (Å²) in [6, 6.07) is -5.35. The van der Waals surface area contributed by atoms with E-state index < -0.39 is 109 Å². The van der Waals surface area contributed by atoms with E-state index in [1.165, 1.54) is 7.05 Å². The Morgan fingerprint density at radius 1 is 0.348 bits per heavy atom. The van der Waals surface area contributed by atoms with Gasteiger partial charge in [0.25, 0.3) is 0 Å². The second kappa shape index (κ2) is 40.0. The highest BCUT2D eigenvalue weighted by Crippen LogP contribution is 2.08. The molecule has 0 aliphatic rings. The zero-order valence-corrected chi connectivity index (χ0v) is 39.7. The SMILES string of the molecule is CN[C@@H](CCCCNC(=O)CC[C@H](NC(=O)CC[C@H](NC(=O)CCC(NC(=O)CCC(=O)NCCCOCCCCOCCCNC(=O)CCCCCCC(=O)O)C(=O)O)C(=O)O)C(=O)O)C(=O)O. The molecule has 0 bridgehead atoms. The zero-order chi connectivity index (χ0) is 51.8. The number of likely N-dealkylation sites (N-methyl/N-ethyl adjacent to an activating group) is 1. The van der Waals surface area contributed by atoms with Crippen LogP contribution in [0.2, 0.25) is 0 Å². The summed E-state index contributed by atoms with van der Waals surface area (Å²) in [5, 5.41) is 63.7. The number of carbonyl (C=O) groups is 11. The molecule has 6 amide bonds. The molecule has 0 fully saturated rings. The summed E-state index contributed by atoms with van der Waals surface area (Å²) in [6.45, 7) is 2.98. The van der Waals surface area contributed by atoms with Crippen LogP contribution in [0, 0.1) is 0 Å². The van der Waals surface area contributed by atoms with Crippen molar-refractivity contribution in [2.75, 3.05) is 53.1 Å². The fourth-order valence-electron chi connectivity index (χ4n) is 6.31. The number of ether oxygens (including phenoxy) is 2. The molecule has 0 aromatic carbocycles. The predicted octanol–water partition coefficient (Wildman–Crippen LogP) is 0.0257. The largest absolute Gasteiger partial charge is 0.481 e. The van der Waals surface area contributed by atoms with Crippen molar-refractivity contribution < 1.29 is 87.7 Å². The van der Waals surface area contributed by atoms with Crippen molar-refractivity contribution in [2.24, 2.45) is 0 Å². The van der Waals surface area contributed by atoms with E-state index in [4.69, 9.17) is 19.7 Å². The summed E-state index contributed by atoms with van der Waals surface area (Å²) >= 11 is 0. The van der Waals surface area contributed by atoms with Gasteiger partial charge in [0.05, 0.1) is 0 Å². The smallest absolute Gasteiger partial charge is 0.326 e. The highest BCUT2D eigenvalue weighted by Gasteiger charge is 2.26. The molecule has 0 aliphatic carbocycles. The summed E-state index contributed by atoms with van der Waals surface area (Å²) in [7, 11) is 1.52. The molecule has 0 aromatic rings. The van der Waals surface area contributed by atoms with Gasteiger partial charge >= 0.3 is 29.8 Å². The average molecular weight is 990 g/mol. The quantitative estimate of drug-likeness (QED) is 0.0358. The second-order valence-corrected chi connectivity index (χ2v) is 16.2. The van der Waals surface area contributed by atoms with Gasteiger partial charge in [-0.3, -0.25) is 38.4 Å². The minimum absolute atomic E-state index is 0.0270. The molecule has 4 atom stereocenters. The van der Waals surface area contributed by atoms with Crippen LogP contribution < -0.4 is 37.2 Å². The third-order valence-electron chi connectivity index (χ3n) is 10.3. The topological polar surface area (TPSA) is 392 Å². The molecule has 0 saturated heterocycles. The molecule has 0 radical (unpaired) electrons. The van der Waals surface area contributed by atoms with Crippen molar-refractivity contribution in [2.45, 2.75) is 159 Å². The highest BCUT2D eigenvalue weighted by atomic mass is 16.5. The first-order valence-corrected chi connectivity index (χ1v) is 23.5. The lowest BCUT2D eigenvalue weighted by atomic mass is 10.1. The van der Waals surface area contributed by atoms with Crippen LogP contribution in [-0.4, -0.2) is 168 Å². The Kier molecular flexibility index (Phi) is 36.5. The number of unbranched alkanes of at least 4 members (excludes halogenated alkanes) is 5. The van der Waals surface area contributed by atoms with Crippen LogP contribution in [0.15, 0.2) is 0 Å². The molecule has 0 saturated carbocycles. The van der Waals surface area contributed by atoms with Gasteiger partial charge in [0.15, 0.2) is 0 Å². The normalized spacial score (nSPS) is 12.6. The van der Waals surface area contributed by atoms with E-state index in [9.17, 15) is 68.1 Å².